The normalized spacial score (nSPS) is 54.1. The van der Waals surface area contributed by atoms with E-state index in [-0.39, 0.29) is 23.0 Å². The third-order valence-corrected chi connectivity index (χ3v) is 13.4. The zero-order valence-corrected chi connectivity index (χ0v) is 22.8. The summed E-state index contributed by atoms with van der Waals surface area (Å²) in [7, 11) is 0. The Morgan fingerprint density at radius 1 is 0.812 bits per heavy atom. The summed E-state index contributed by atoms with van der Waals surface area (Å²) in [5.74, 6) is 3.25. The van der Waals surface area contributed by atoms with E-state index < -0.39 is 0 Å². The highest BCUT2D eigenvalue weighted by Crippen LogP contribution is 2.79. The Hall–Kier alpha value is -0.0800. The summed E-state index contributed by atoms with van der Waals surface area (Å²) in [5.41, 5.74) is 8.57. The molecule has 0 saturated heterocycles. The lowest BCUT2D eigenvalue weighted by molar-refractivity contribution is -0.252. The second-order valence-corrected chi connectivity index (χ2v) is 14.7. The van der Waals surface area contributed by atoms with Crippen molar-refractivity contribution in [1.29, 1.82) is 0 Å². The molecule has 0 spiro atoms. The predicted octanol–water partition coefficient (Wildman–Crippen LogP) is 7.58. The monoisotopic (exact) mass is 445 g/mol. The second kappa shape index (κ2) is 7.97. The third kappa shape index (κ3) is 3.16. The highest BCUT2D eigenvalue weighted by molar-refractivity contribution is 5.23. The van der Waals surface area contributed by atoms with Gasteiger partial charge in [-0.2, -0.15) is 0 Å². The van der Waals surface area contributed by atoms with Crippen LogP contribution in [-0.2, 0) is 0 Å². The molecule has 32 heavy (non-hydrogen) atoms. The van der Waals surface area contributed by atoms with Crippen molar-refractivity contribution in [2.24, 2.45) is 56.5 Å². The number of rotatable bonds is 5. The standard InChI is InChI=1S/C30H55NO/c1-20(2)10-9-11-21(3)23-13-14-27(5)24-18-25(31)29(7)19-22(32)12-15-30(29,8)28(24,6)17-16-26(23,27)4/h20-25,32H,9-19,31H2,1-8H3/t21-,22-,23?,24?,25-,26+,27-,28-,29+,30+/m0/s1. The summed E-state index contributed by atoms with van der Waals surface area (Å²) in [5, 5.41) is 10.6. The Balaban J connectivity index is 1.64. The minimum absolute atomic E-state index is 0.0577. The molecular weight excluding hydrogens is 390 g/mol. The van der Waals surface area contributed by atoms with Crippen LogP contribution in [0.4, 0.5) is 0 Å². The quantitative estimate of drug-likeness (QED) is 0.458. The first kappa shape index (κ1) is 25.0. The van der Waals surface area contributed by atoms with Crippen LogP contribution in [0.15, 0.2) is 0 Å². The van der Waals surface area contributed by atoms with Gasteiger partial charge in [0.25, 0.3) is 0 Å². The van der Waals surface area contributed by atoms with E-state index in [2.05, 4.69) is 55.4 Å². The molecular formula is C30H55NO. The van der Waals surface area contributed by atoms with E-state index in [1.165, 1.54) is 44.9 Å². The molecule has 10 atom stereocenters. The summed E-state index contributed by atoms with van der Waals surface area (Å²) in [4.78, 5) is 0. The second-order valence-electron chi connectivity index (χ2n) is 14.7. The molecule has 0 aromatic heterocycles. The summed E-state index contributed by atoms with van der Waals surface area (Å²) < 4.78 is 0. The molecule has 0 bridgehead atoms. The Morgan fingerprint density at radius 3 is 2.12 bits per heavy atom. The lowest BCUT2D eigenvalue weighted by Crippen LogP contribution is -2.71. The molecule has 4 saturated carbocycles. The fourth-order valence-corrected chi connectivity index (χ4v) is 10.6. The van der Waals surface area contributed by atoms with Crippen molar-refractivity contribution < 1.29 is 5.11 Å². The topological polar surface area (TPSA) is 46.2 Å². The first-order chi connectivity index (χ1) is 14.8. The molecule has 2 heteroatoms. The number of hydrogen-bond acceptors (Lipinski definition) is 2. The molecule has 4 aliphatic rings. The fraction of sp³-hybridized carbons (Fsp3) is 1.00. The maximum absolute atomic E-state index is 10.6. The summed E-state index contributed by atoms with van der Waals surface area (Å²) in [6.45, 7) is 20.4. The molecule has 0 aliphatic heterocycles. The zero-order valence-electron chi connectivity index (χ0n) is 22.8. The van der Waals surface area contributed by atoms with Gasteiger partial charge < -0.3 is 10.8 Å². The van der Waals surface area contributed by atoms with Gasteiger partial charge in [-0.3, -0.25) is 0 Å². The summed E-state index contributed by atoms with van der Waals surface area (Å²) in [6, 6.07) is 0.210. The van der Waals surface area contributed by atoms with Gasteiger partial charge in [0.15, 0.2) is 0 Å². The minimum atomic E-state index is -0.161. The maximum Gasteiger partial charge on any atom is 0.0546 e. The smallest absolute Gasteiger partial charge is 0.0546 e. The van der Waals surface area contributed by atoms with Crippen molar-refractivity contribution >= 4 is 0 Å². The average molecular weight is 446 g/mol. The zero-order chi connectivity index (χ0) is 23.7. The van der Waals surface area contributed by atoms with Crippen molar-refractivity contribution in [2.45, 2.75) is 138 Å². The lowest BCUT2D eigenvalue weighted by atomic mass is 9.31. The van der Waals surface area contributed by atoms with E-state index in [4.69, 9.17) is 5.73 Å². The van der Waals surface area contributed by atoms with Crippen LogP contribution in [0.5, 0.6) is 0 Å². The fourth-order valence-electron chi connectivity index (χ4n) is 10.6. The van der Waals surface area contributed by atoms with Gasteiger partial charge in [0.05, 0.1) is 6.10 Å². The van der Waals surface area contributed by atoms with Crippen LogP contribution < -0.4 is 5.73 Å². The average Bonchev–Trinajstić information content (AvgIpc) is 2.98. The van der Waals surface area contributed by atoms with Crippen LogP contribution in [0.1, 0.15) is 126 Å². The first-order valence-corrected chi connectivity index (χ1v) is 14.2. The van der Waals surface area contributed by atoms with Crippen LogP contribution >= 0.6 is 0 Å². The van der Waals surface area contributed by atoms with Gasteiger partial charge in [-0.15, -0.1) is 0 Å². The first-order valence-electron chi connectivity index (χ1n) is 14.2. The molecule has 4 fully saturated rings. The van der Waals surface area contributed by atoms with Gasteiger partial charge in [-0.1, -0.05) is 74.7 Å². The predicted molar refractivity (Wildman–Crippen MR) is 136 cm³/mol. The number of aliphatic hydroxyl groups is 1. The van der Waals surface area contributed by atoms with E-state index in [1.807, 2.05) is 0 Å². The van der Waals surface area contributed by atoms with Crippen LogP contribution in [0.3, 0.4) is 0 Å². The Morgan fingerprint density at radius 2 is 1.47 bits per heavy atom. The highest BCUT2D eigenvalue weighted by atomic mass is 16.3. The molecule has 0 aromatic rings. The Bertz CT molecular complexity index is 705. The van der Waals surface area contributed by atoms with E-state index in [0.29, 0.717) is 22.2 Å². The van der Waals surface area contributed by atoms with Gasteiger partial charge in [-0.25, -0.2) is 0 Å². The molecule has 4 rings (SSSR count). The maximum atomic E-state index is 10.6. The molecule has 2 nitrogen and oxygen atoms in total. The largest absolute Gasteiger partial charge is 0.393 e. The molecule has 186 valence electrons. The Kier molecular flexibility index (Phi) is 6.24. The van der Waals surface area contributed by atoms with Crippen molar-refractivity contribution in [3.8, 4) is 0 Å². The molecule has 4 aliphatic carbocycles. The van der Waals surface area contributed by atoms with Crippen molar-refractivity contribution in [3.63, 3.8) is 0 Å². The third-order valence-electron chi connectivity index (χ3n) is 13.4. The van der Waals surface area contributed by atoms with Gasteiger partial charge in [0, 0.05) is 6.04 Å². The molecule has 3 N–H and O–H groups in total. The van der Waals surface area contributed by atoms with Gasteiger partial charge in [0.1, 0.15) is 0 Å². The van der Waals surface area contributed by atoms with Crippen molar-refractivity contribution in [2.75, 3.05) is 0 Å². The molecule has 2 unspecified atom stereocenters. The summed E-state index contributed by atoms with van der Waals surface area (Å²) >= 11 is 0. The SMILES string of the molecule is CC(C)CCC[C@H](C)C1CC[C@@]2(C)C3C[C@H](N)[C@@]4(C)C[C@@H](O)CC[C@]4(C)[C@@]3(C)CC[C@]12C. The molecule has 0 heterocycles. The van der Waals surface area contributed by atoms with Crippen molar-refractivity contribution in [3.05, 3.63) is 0 Å². The van der Waals surface area contributed by atoms with Crippen molar-refractivity contribution in [1.82, 2.24) is 0 Å². The van der Waals surface area contributed by atoms with E-state index in [0.717, 1.165) is 43.4 Å². The minimum Gasteiger partial charge on any atom is -0.393 e. The molecule has 0 radical (unpaired) electrons. The number of nitrogens with two attached hydrogens (primary N) is 1. The van der Waals surface area contributed by atoms with Gasteiger partial charge >= 0.3 is 0 Å². The number of aliphatic hydroxyl groups excluding tert-OH is 1. The van der Waals surface area contributed by atoms with Gasteiger partial charge in [-0.05, 0) is 102 Å². The molecule has 0 amide bonds. The van der Waals surface area contributed by atoms with E-state index in [9.17, 15) is 5.11 Å². The lowest BCUT2D eigenvalue weighted by Gasteiger charge is -2.74. The van der Waals surface area contributed by atoms with Gasteiger partial charge in [0.2, 0.25) is 0 Å². The van der Waals surface area contributed by atoms with E-state index >= 15 is 0 Å². The number of fused-ring (bicyclic) bond motifs is 5. The van der Waals surface area contributed by atoms with Crippen LogP contribution in [0.2, 0.25) is 0 Å². The van der Waals surface area contributed by atoms with Crippen LogP contribution in [0, 0.1) is 50.7 Å². The van der Waals surface area contributed by atoms with Crippen LogP contribution in [0.25, 0.3) is 0 Å². The van der Waals surface area contributed by atoms with Crippen LogP contribution in [-0.4, -0.2) is 17.3 Å². The Labute approximate surface area is 199 Å². The van der Waals surface area contributed by atoms with E-state index in [1.54, 1.807) is 0 Å². The number of hydrogen-bond donors (Lipinski definition) is 2. The highest BCUT2D eigenvalue weighted by Gasteiger charge is 2.73. The molecule has 0 aromatic carbocycles. The summed E-state index contributed by atoms with van der Waals surface area (Å²) in [6.07, 6.45) is 13.7.